The third-order valence-corrected chi connectivity index (χ3v) is 6.33. The summed E-state index contributed by atoms with van der Waals surface area (Å²) >= 11 is 1.12. The Balaban J connectivity index is 1.78. The van der Waals surface area contributed by atoms with Crippen LogP contribution in [0.5, 0.6) is 0 Å². The lowest BCUT2D eigenvalue weighted by Crippen LogP contribution is -2.40. The standard InChI is InChI=1S/C23H26F3N3O2S/c1-3-28(19-9-5-4-6-10-19)21(31)13-12-18-15-32-22(27-18)29(16(2)30)20-11-7-8-17(14-20)23(24,25)26/h7-8,11-15,19H,3-6,9-10H2,1-2H3. The van der Waals surface area contributed by atoms with Crippen molar-refractivity contribution in [2.45, 2.75) is 58.2 Å². The number of likely N-dealkylation sites (N-methyl/N-ethyl adjacent to an activating group) is 1. The molecule has 9 heteroatoms. The van der Waals surface area contributed by atoms with Gasteiger partial charge < -0.3 is 4.90 Å². The molecule has 2 amide bonds. The molecule has 1 aliphatic rings. The van der Waals surface area contributed by atoms with Crippen molar-refractivity contribution in [3.63, 3.8) is 0 Å². The van der Waals surface area contributed by atoms with Crippen LogP contribution in [0.25, 0.3) is 6.08 Å². The molecule has 1 aromatic carbocycles. The Morgan fingerprint density at radius 1 is 1.22 bits per heavy atom. The van der Waals surface area contributed by atoms with Crippen LogP contribution >= 0.6 is 11.3 Å². The minimum Gasteiger partial charge on any atom is -0.336 e. The topological polar surface area (TPSA) is 53.5 Å². The van der Waals surface area contributed by atoms with Crippen molar-refractivity contribution in [3.8, 4) is 0 Å². The largest absolute Gasteiger partial charge is 0.416 e. The molecule has 0 radical (unpaired) electrons. The van der Waals surface area contributed by atoms with E-state index in [1.165, 1.54) is 31.6 Å². The molecule has 0 spiro atoms. The van der Waals surface area contributed by atoms with Crippen LogP contribution in [0.4, 0.5) is 24.0 Å². The summed E-state index contributed by atoms with van der Waals surface area (Å²) in [6.07, 6.45) is 4.03. The molecule has 1 saturated carbocycles. The van der Waals surface area contributed by atoms with Crippen molar-refractivity contribution in [2.75, 3.05) is 11.4 Å². The first-order valence-corrected chi connectivity index (χ1v) is 11.5. The molecular weight excluding hydrogens is 439 g/mol. The average molecular weight is 466 g/mol. The second kappa shape index (κ2) is 10.3. The van der Waals surface area contributed by atoms with Crippen LogP contribution in [0.15, 0.2) is 35.7 Å². The molecule has 1 aliphatic carbocycles. The number of thiazole rings is 1. The van der Waals surface area contributed by atoms with Gasteiger partial charge in [-0.05, 0) is 44.0 Å². The van der Waals surface area contributed by atoms with E-state index in [1.807, 2.05) is 11.8 Å². The van der Waals surface area contributed by atoms with Crippen molar-refractivity contribution in [2.24, 2.45) is 0 Å². The average Bonchev–Trinajstić information content (AvgIpc) is 3.21. The molecule has 0 atom stereocenters. The minimum absolute atomic E-state index is 0.0859. The van der Waals surface area contributed by atoms with Gasteiger partial charge >= 0.3 is 6.18 Å². The van der Waals surface area contributed by atoms with Crippen molar-refractivity contribution in [1.82, 2.24) is 9.88 Å². The maximum Gasteiger partial charge on any atom is 0.416 e. The van der Waals surface area contributed by atoms with E-state index in [4.69, 9.17) is 0 Å². The summed E-state index contributed by atoms with van der Waals surface area (Å²) in [5, 5.41) is 1.91. The molecule has 172 valence electrons. The number of aromatic nitrogens is 1. The number of alkyl halides is 3. The van der Waals surface area contributed by atoms with Gasteiger partial charge in [-0.1, -0.05) is 25.3 Å². The van der Waals surface area contributed by atoms with Gasteiger partial charge in [0, 0.05) is 31.0 Å². The molecule has 1 fully saturated rings. The summed E-state index contributed by atoms with van der Waals surface area (Å²) in [5.41, 5.74) is -0.287. The van der Waals surface area contributed by atoms with Gasteiger partial charge in [0.25, 0.3) is 0 Å². The van der Waals surface area contributed by atoms with Crippen molar-refractivity contribution in [3.05, 3.63) is 47.0 Å². The molecule has 0 unspecified atom stereocenters. The zero-order valence-corrected chi connectivity index (χ0v) is 18.9. The van der Waals surface area contributed by atoms with E-state index >= 15 is 0 Å². The molecule has 5 nitrogen and oxygen atoms in total. The van der Waals surface area contributed by atoms with E-state index in [1.54, 1.807) is 11.5 Å². The van der Waals surface area contributed by atoms with Gasteiger partial charge in [0.1, 0.15) is 0 Å². The van der Waals surface area contributed by atoms with Gasteiger partial charge in [-0.15, -0.1) is 11.3 Å². The van der Waals surface area contributed by atoms with Crippen molar-refractivity contribution >= 4 is 40.0 Å². The third kappa shape index (κ3) is 5.76. The molecule has 1 heterocycles. The number of carbonyl (C=O) groups excluding carboxylic acids is 2. The summed E-state index contributed by atoms with van der Waals surface area (Å²) in [5.74, 6) is -0.546. The molecule has 0 N–H and O–H groups in total. The van der Waals surface area contributed by atoms with E-state index in [-0.39, 0.29) is 22.8 Å². The van der Waals surface area contributed by atoms with E-state index in [0.717, 1.165) is 54.1 Å². The van der Waals surface area contributed by atoms with Crippen molar-refractivity contribution < 1.29 is 22.8 Å². The van der Waals surface area contributed by atoms with Gasteiger partial charge in [-0.3, -0.25) is 14.5 Å². The minimum atomic E-state index is -4.51. The first-order chi connectivity index (χ1) is 15.2. The maximum absolute atomic E-state index is 13.1. The molecule has 0 saturated heterocycles. The number of carbonyl (C=O) groups is 2. The number of hydrogen-bond donors (Lipinski definition) is 0. The first kappa shape index (κ1) is 24.0. The Hall–Kier alpha value is -2.68. The Labute approximate surface area is 189 Å². The number of anilines is 2. The van der Waals surface area contributed by atoms with E-state index in [2.05, 4.69) is 4.98 Å². The highest BCUT2D eigenvalue weighted by atomic mass is 32.1. The van der Waals surface area contributed by atoms with Crippen LogP contribution in [0.1, 0.15) is 57.2 Å². The van der Waals surface area contributed by atoms with Crippen LogP contribution in [0.3, 0.4) is 0 Å². The highest BCUT2D eigenvalue weighted by Crippen LogP contribution is 2.35. The molecule has 32 heavy (non-hydrogen) atoms. The van der Waals surface area contributed by atoms with Crippen LogP contribution < -0.4 is 4.90 Å². The number of halogens is 3. The molecule has 2 aromatic rings. The fourth-order valence-electron chi connectivity index (χ4n) is 3.94. The van der Waals surface area contributed by atoms with Gasteiger partial charge in [0.2, 0.25) is 11.8 Å². The monoisotopic (exact) mass is 465 g/mol. The predicted molar refractivity (Wildman–Crippen MR) is 120 cm³/mol. The molecular formula is C23H26F3N3O2S. The number of amides is 2. The summed E-state index contributed by atoms with van der Waals surface area (Å²) in [4.78, 5) is 32.3. The number of rotatable bonds is 6. The summed E-state index contributed by atoms with van der Waals surface area (Å²) in [7, 11) is 0. The Bertz CT molecular complexity index is 981. The normalized spacial score (nSPS) is 15.2. The van der Waals surface area contributed by atoms with Crippen molar-refractivity contribution in [1.29, 1.82) is 0 Å². The Morgan fingerprint density at radius 2 is 1.94 bits per heavy atom. The van der Waals surface area contributed by atoms with Gasteiger partial charge in [-0.25, -0.2) is 4.98 Å². The van der Waals surface area contributed by atoms with E-state index in [0.29, 0.717) is 12.2 Å². The van der Waals surface area contributed by atoms with Crippen LogP contribution in [-0.4, -0.2) is 34.3 Å². The maximum atomic E-state index is 13.1. The zero-order valence-electron chi connectivity index (χ0n) is 18.1. The summed E-state index contributed by atoms with van der Waals surface area (Å²) in [6, 6.07) is 4.82. The fourth-order valence-corrected chi connectivity index (χ4v) is 4.80. The Morgan fingerprint density at radius 3 is 2.56 bits per heavy atom. The van der Waals surface area contributed by atoms with Gasteiger partial charge in [0.05, 0.1) is 16.9 Å². The second-order valence-corrected chi connectivity index (χ2v) is 8.54. The van der Waals surface area contributed by atoms with Crippen LogP contribution in [0, 0.1) is 0 Å². The number of hydrogen-bond acceptors (Lipinski definition) is 4. The third-order valence-electron chi connectivity index (χ3n) is 5.48. The molecule has 0 bridgehead atoms. The molecule has 0 aliphatic heterocycles. The van der Waals surface area contributed by atoms with E-state index < -0.39 is 17.6 Å². The molecule has 3 rings (SSSR count). The first-order valence-electron chi connectivity index (χ1n) is 10.6. The fraction of sp³-hybridized carbons (Fsp3) is 0.435. The number of benzene rings is 1. The van der Waals surface area contributed by atoms with Crippen LogP contribution in [-0.2, 0) is 15.8 Å². The quantitative estimate of drug-likeness (QED) is 0.489. The lowest BCUT2D eigenvalue weighted by Gasteiger charge is -2.32. The van der Waals surface area contributed by atoms with E-state index in [9.17, 15) is 22.8 Å². The number of nitrogens with zero attached hydrogens (tertiary/aromatic N) is 3. The van der Waals surface area contributed by atoms with Gasteiger partial charge in [-0.2, -0.15) is 13.2 Å². The Kier molecular flexibility index (Phi) is 7.71. The smallest absolute Gasteiger partial charge is 0.336 e. The second-order valence-electron chi connectivity index (χ2n) is 7.71. The highest BCUT2D eigenvalue weighted by Gasteiger charge is 2.31. The van der Waals surface area contributed by atoms with Gasteiger partial charge in [0.15, 0.2) is 5.13 Å². The summed E-state index contributed by atoms with van der Waals surface area (Å²) < 4.78 is 39.2. The lowest BCUT2D eigenvalue weighted by atomic mass is 9.94. The van der Waals surface area contributed by atoms with Crippen LogP contribution in [0.2, 0.25) is 0 Å². The zero-order chi connectivity index (χ0) is 23.3. The SMILES string of the molecule is CCN(C(=O)C=Cc1csc(N(C(C)=O)c2cccc(C(F)(F)F)c2)n1)C1CCCCC1. The molecule has 1 aromatic heterocycles. The predicted octanol–water partition coefficient (Wildman–Crippen LogP) is 6.04. The summed E-state index contributed by atoms with van der Waals surface area (Å²) in [6.45, 7) is 3.86. The lowest BCUT2D eigenvalue weighted by molar-refractivity contribution is -0.137. The highest BCUT2D eigenvalue weighted by molar-refractivity contribution is 7.14.